The molecule has 1 unspecified atom stereocenters. The van der Waals surface area contributed by atoms with E-state index in [1.807, 2.05) is 67.6 Å². The van der Waals surface area contributed by atoms with Crippen LogP contribution in [0.5, 0.6) is 5.75 Å². The van der Waals surface area contributed by atoms with Gasteiger partial charge in [0.25, 0.3) is 0 Å². The summed E-state index contributed by atoms with van der Waals surface area (Å²) in [5.74, 6) is 0.785. The van der Waals surface area contributed by atoms with Crippen LogP contribution in [0.4, 0.5) is 5.95 Å². The smallest absolute Gasteiger partial charge is 0.338 e. The number of anilines is 1. The zero-order chi connectivity index (χ0) is 22.8. The Morgan fingerprint density at radius 1 is 1.00 bits per heavy atom. The Morgan fingerprint density at radius 2 is 1.67 bits per heavy atom. The molecule has 0 bridgehead atoms. The number of aromatic hydroxyl groups is 1. The summed E-state index contributed by atoms with van der Waals surface area (Å²) in [6, 6.07) is 25.4. The summed E-state index contributed by atoms with van der Waals surface area (Å²) < 4.78 is 7.37. The largest absolute Gasteiger partial charge is 0.508 e. The first-order valence-electron chi connectivity index (χ1n) is 10.6. The highest BCUT2D eigenvalue weighted by Gasteiger charge is 2.35. The summed E-state index contributed by atoms with van der Waals surface area (Å²) in [6.45, 7) is 1.99. The maximum Gasteiger partial charge on any atom is 0.338 e. The monoisotopic (exact) mass is 438 g/mol. The SMILES string of the molecule is CC1=C(C(=O)OCc2ccccc2)C(c2ccc(O)cc2)n2nc(-c3ccccc3)nc2N1. The molecule has 0 aliphatic carbocycles. The van der Waals surface area contributed by atoms with Crippen molar-refractivity contribution in [1.82, 2.24) is 14.8 Å². The highest BCUT2D eigenvalue weighted by atomic mass is 16.5. The van der Waals surface area contributed by atoms with Crippen molar-refractivity contribution < 1.29 is 14.6 Å². The van der Waals surface area contributed by atoms with E-state index < -0.39 is 12.0 Å². The fraction of sp³-hybridized carbons (Fsp3) is 0.115. The summed E-state index contributed by atoms with van der Waals surface area (Å²) in [7, 11) is 0. The number of benzene rings is 3. The highest BCUT2D eigenvalue weighted by molar-refractivity contribution is 5.92. The van der Waals surface area contributed by atoms with Crippen molar-refractivity contribution in [3.63, 3.8) is 0 Å². The number of nitrogens with one attached hydrogen (secondary N) is 1. The standard InChI is InChI=1S/C26H22N4O3/c1-17-22(25(32)33-16-18-8-4-2-5-9-18)23(19-12-14-21(31)15-13-19)30-26(27-17)28-24(29-30)20-10-6-3-7-11-20/h2-15,23,31H,16H2,1H3,(H,27,28,29). The molecule has 164 valence electrons. The number of allylic oxidation sites excluding steroid dienone is 1. The number of carbonyl (C=O) groups excluding carboxylic acids is 1. The van der Waals surface area contributed by atoms with E-state index >= 15 is 0 Å². The maximum absolute atomic E-state index is 13.3. The lowest BCUT2D eigenvalue weighted by molar-refractivity contribution is -0.140. The van der Waals surface area contributed by atoms with Crippen molar-refractivity contribution in [3.05, 3.63) is 107 Å². The van der Waals surface area contributed by atoms with E-state index in [1.54, 1.807) is 28.9 Å². The van der Waals surface area contributed by atoms with Crippen molar-refractivity contribution in [2.75, 3.05) is 5.32 Å². The molecule has 3 aromatic carbocycles. The molecule has 1 aromatic heterocycles. The molecule has 0 fully saturated rings. The number of phenolic OH excluding ortho intramolecular Hbond substituents is 1. The number of nitrogens with zero attached hydrogens (tertiary/aromatic N) is 3. The van der Waals surface area contributed by atoms with E-state index in [0.717, 1.165) is 16.7 Å². The van der Waals surface area contributed by atoms with E-state index in [-0.39, 0.29) is 12.4 Å². The van der Waals surface area contributed by atoms with Crippen molar-refractivity contribution in [1.29, 1.82) is 0 Å². The topological polar surface area (TPSA) is 89.3 Å². The van der Waals surface area contributed by atoms with Crippen molar-refractivity contribution >= 4 is 11.9 Å². The lowest BCUT2D eigenvalue weighted by atomic mass is 9.96. The lowest BCUT2D eigenvalue weighted by Crippen LogP contribution is -2.29. The van der Waals surface area contributed by atoms with Crippen LogP contribution >= 0.6 is 0 Å². The van der Waals surface area contributed by atoms with Gasteiger partial charge in [0.05, 0.1) is 5.57 Å². The van der Waals surface area contributed by atoms with Crippen LogP contribution in [0, 0.1) is 0 Å². The molecule has 0 saturated carbocycles. The summed E-state index contributed by atoms with van der Waals surface area (Å²) >= 11 is 0. The summed E-state index contributed by atoms with van der Waals surface area (Å²) in [6.07, 6.45) is 0. The predicted octanol–water partition coefficient (Wildman–Crippen LogP) is 4.68. The minimum atomic E-state index is -0.560. The fourth-order valence-electron chi connectivity index (χ4n) is 3.89. The third-order valence-corrected chi connectivity index (χ3v) is 5.53. The number of ether oxygens (including phenoxy) is 1. The van der Waals surface area contributed by atoms with Crippen LogP contribution < -0.4 is 5.32 Å². The van der Waals surface area contributed by atoms with Gasteiger partial charge in [0, 0.05) is 11.3 Å². The fourth-order valence-corrected chi connectivity index (χ4v) is 3.89. The average Bonchev–Trinajstić information content (AvgIpc) is 3.27. The second-order valence-corrected chi connectivity index (χ2v) is 7.79. The van der Waals surface area contributed by atoms with E-state index in [0.29, 0.717) is 23.0 Å². The molecule has 2 heterocycles. The molecule has 0 radical (unpaired) electrons. The minimum absolute atomic E-state index is 0.144. The zero-order valence-corrected chi connectivity index (χ0v) is 18.0. The van der Waals surface area contributed by atoms with Crippen LogP contribution in [0.15, 0.2) is 96.2 Å². The predicted molar refractivity (Wildman–Crippen MR) is 124 cm³/mol. The summed E-state index contributed by atoms with van der Waals surface area (Å²) in [5, 5.41) is 17.7. The third kappa shape index (κ3) is 4.08. The number of fused-ring (bicyclic) bond motifs is 1. The normalized spacial score (nSPS) is 15.0. The van der Waals surface area contributed by atoms with Crippen LogP contribution in [0.2, 0.25) is 0 Å². The Kier molecular flexibility index (Phi) is 5.36. The van der Waals surface area contributed by atoms with Gasteiger partial charge < -0.3 is 15.2 Å². The first-order valence-corrected chi connectivity index (χ1v) is 10.6. The van der Waals surface area contributed by atoms with Gasteiger partial charge in [0.15, 0.2) is 5.82 Å². The molecule has 7 nitrogen and oxygen atoms in total. The first-order chi connectivity index (χ1) is 16.1. The van der Waals surface area contributed by atoms with Gasteiger partial charge in [-0.1, -0.05) is 72.8 Å². The van der Waals surface area contributed by atoms with E-state index in [2.05, 4.69) is 10.3 Å². The second-order valence-electron chi connectivity index (χ2n) is 7.79. The van der Waals surface area contributed by atoms with Crippen LogP contribution in [0.3, 0.4) is 0 Å². The zero-order valence-electron chi connectivity index (χ0n) is 18.0. The second kappa shape index (κ2) is 8.63. The Labute approximate surface area is 191 Å². The molecule has 4 aromatic rings. The number of hydrogen-bond donors (Lipinski definition) is 2. The molecule has 7 heteroatoms. The molecule has 1 aliphatic heterocycles. The van der Waals surface area contributed by atoms with Gasteiger partial charge in [-0.05, 0) is 30.2 Å². The molecule has 5 rings (SSSR count). The Bertz CT molecular complexity index is 1310. The molecule has 2 N–H and O–H groups in total. The van der Waals surface area contributed by atoms with Gasteiger partial charge in [-0.3, -0.25) is 0 Å². The van der Waals surface area contributed by atoms with Crippen molar-refractivity contribution in [2.45, 2.75) is 19.6 Å². The van der Waals surface area contributed by atoms with Gasteiger partial charge in [0.1, 0.15) is 18.4 Å². The number of rotatable bonds is 5. The first kappa shape index (κ1) is 20.5. The Balaban J connectivity index is 1.54. The minimum Gasteiger partial charge on any atom is -0.508 e. The average molecular weight is 438 g/mol. The van der Waals surface area contributed by atoms with Crippen LogP contribution in [0.25, 0.3) is 11.4 Å². The number of esters is 1. The van der Waals surface area contributed by atoms with Crippen molar-refractivity contribution in [2.24, 2.45) is 0 Å². The van der Waals surface area contributed by atoms with E-state index in [4.69, 9.17) is 9.84 Å². The van der Waals surface area contributed by atoms with E-state index in [9.17, 15) is 9.90 Å². The quantitative estimate of drug-likeness (QED) is 0.440. The third-order valence-electron chi connectivity index (χ3n) is 5.53. The number of hydrogen-bond acceptors (Lipinski definition) is 6. The molecule has 0 amide bonds. The molecule has 0 saturated heterocycles. The Morgan fingerprint density at radius 3 is 2.36 bits per heavy atom. The maximum atomic E-state index is 13.3. The Hall–Kier alpha value is -4.39. The van der Waals surface area contributed by atoms with Crippen molar-refractivity contribution in [3.8, 4) is 17.1 Å². The van der Waals surface area contributed by atoms with E-state index in [1.165, 1.54) is 0 Å². The summed E-state index contributed by atoms with van der Waals surface area (Å²) in [4.78, 5) is 17.9. The van der Waals surface area contributed by atoms with Gasteiger partial charge in [-0.25, -0.2) is 9.48 Å². The molecule has 0 spiro atoms. The van der Waals surface area contributed by atoms with Gasteiger partial charge >= 0.3 is 5.97 Å². The lowest BCUT2D eigenvalue weighted by Gasteiger charge is -2.28. The summed E-state index contributed by atoms with van der Waals surface area (Å²) in [5.41, 5.74) is 3.64. The van der Waals surface area contributed by atoms with Crippen LogP contribution in [0.1, 0.15) is 24.1 Å². The van der Waals surface area contributed by atoms with Crippen LogP contribution in [-0.4, -0.2) is 25.8 Å². The van der Waals surface area contributed by atoms with Gasteiger partial charge in [-0.2, -0.15) is 4.98 Å². The number of phenols is 1. The van der Waals surface area contributed by atoms with Crippen LogP contribution in [-0.2, 0) is 16.1 Å². The molecular weight excluding hydrogens is 416 g/mol. The molecule has 1 atom stereocenters. The molecule has 33 heavy (non-hydrogen) atoms. The number of aromatic nitrogens is 3. The van der Waals surface area contributed by atoms with Gasteiger partial charge in [-0.15, -0.1) is 5.10 Å². The molecule has 1 aliphatic rings. The van der Waals surface area contributed by atoms with Gasteiger partial charge in [0.2, 0.25) is 5.95 Å². The molecular formula is C26H22N4O3. The number of carbonyl (C=O) groups is 1. The highest BCUT2D eigenvalue weighted by Crippen LogP contribution is 2.37.